The number of phenols is 1. The summed E-state index contributed by atoms with van der Waals surface area (Å²) in [5, 5.41) is 54.8. The smallest absolute Gasteiger partial charge is 0.348 e. The highest BCUT2D eigenvalue weighted by atomic mass is 16.8. The monoisotopic (exact) mass is 636 g/mol. The van der Waals surface area contributed by atoms with E-state index in [0.29, 0.717) is 5.56 Å². The largest absolute Gasteiger partial charge is 0.506 e. The number of rotatable bonds is 5. The van der Waals surface area contributed by atoms with Gasteiger partial charge in [-0.3, -0.25) is 0 Å². The van der Waals surface area contributed by atoms with Crippen molar-refractivity contribution >= 4 is 49.6 Å². The van der Waals surface area contributed by atoms with E-state index in [1.54, 1.807) is 19.9 Å². The summed E-state index contributed by atoms with van der Waals surface area (Å²) in [6.07, 6.45) is -9.63. The van der Waals surface area contributed by atoms with Crippen LogP contribution in [-0.4, -0.2) is 80.8 Å². The van der Waals surface area contributed by atoms with Gasteiger partial charge >= 0.3 is 11.3 Å². The molecule has 10 atom stereocenters. The standard InChI is InChI=1S/C33H32O13/c1-5-14-9-10-17-20-18(14)30(39)45-28-19-15(26(37)22(21(20)28)31(40)43-17)7-6-8-16(19)44-33-29(27(38)25(36)13(4)42-33)46-32-24(35)11(2)23(34)12(3)41-32/h5-13,23-25,27,29,32-38H,1H2,2-4H3/t11?,12?,13?,23-,24-,25+,27+,29?,32-,33+/m1/s1. The molecule has 2 aromatic heterocycles. The first-order valence-electron chi connectivity index (χ1n) is 14.8. The van der Waals surface area contributed by atoms with E-state index in [1.807, 2.05) is 0 Å². The van der Waals surface area contributed by atoms with Gasteiger partial charge in [0.25, 0.3) is 0 Å². The van der Waals surface area contributed by atoms with Crippen LogP contribution in [0.5, 0.6) is 11.5 Å². The fourth-order valence-electron chi connectivity index (χ4n) is 6.59. The first-order valence-corrected chi connectivity index (χ1v) is 14.8. The molecule has 13 nitrogen and oxygen atoms in total. The van der Waals surface area contributed by atoms with Crippen LogP contribution in [0.1, 0.15) is 26.3 Å². The number of hydrogen-bond donors (Lipinski definition) is 5. The number of ether oxygens (including phenoxy) is 4. The van der Waals surface area contributed by atoms with Crippen molar-refractivity contribution in [3.05, 3.63) is 63.3 Å². The summed E-state index contributed by atoms with van der Waals surface area (Å²) in [5.74, 6) is -1.07. The molecule has 0 radical (unpaired) electrons. The molecule has 2 aliphatic heterocycles. The van der Waals surface area contributed by atoms with Crippen LogP contribution in [0.2, 0.25) is 0 Å². The second-order valence-corrected chi connectivity index (χ2v) is 12.0. The summed E-state index contributed by atoms with van der Waals surface area (Å²) in [6.45, 7) is 8.51. The Kier molecular flexibility index (Phi) is 7.32. The van der Waals surface area contributed by atoms with E-state index >= 15 is 0 Å². The predicted octanol–water partition coefficient (Wildman–Crippen LogP) is 2.33. The molecule has 0 saturated carbocycles. The Hall–Kier alpha value is -4.08. The van der Waals surface area contributed by atoms with Crippen molar-refractivity contribution in [2.24, 2.45) is 5.92 Å². The zero-order valence-electron chi connectivity index (χ0n) is 24.9. The highest BCUT2D eigenvalue weighted by Crippen LogP contribution is 2.45. The molecule has 0 spiro atoms. The summed E-state index contributed by atoms with van der Waals surface area (Å²) in [6, 6.07) is 7.62. The lowest BCUT2D eigenvalue weighted by atomic mass is 9.91. The quantitative estimate of drug-likeness (QED) is 0.107. The van der Waals surface area contributed by atoms with Gasteiger partial charge in [-0.25, -0.2) is 9.59 Å². The molecule has 3 aromatic carbocycles. The van der Waals surface area contributed by atoms with Crippen LogP contribution >= 0.6 is 0 Å². The molecule has 4 heterocycles. The van der Waals surface area contributed by atoms with Gasteiger partial charge in [0.15, 0.2) is 18.0 Å². The van der Waals surface area contributed by atoms with Gasteiger partial charge in [0, 0.05) is 22.1 Å². The zero-order valence-corrected chi connectivity index (χ0v) is 24.9. The molecule has 242 valence electrons. The molecule has 2 fully saturated rings. The van der Waals surface area contributed by atoms with E-state index in [9.17, 15) is 35.1 Å². The van der Waals surface area contributed by atoms with Gasteiger partial charge in [0.2, 0.25) is 6.29 Å². The fraction of sp³-hybridized carbons (Fsp3) is 0.394. The number of aliphatic hydroxyl groups is 4. The highest BCUT2D eigenvalue weighted by molar-refractivity contribution is 6.29. The molecule has 2 aliphatic rings. The minimum absolute atomic E-state index is 0.0128. The SMILES string of the molecule is C=Cc1ccc2oc(=O)c3c(O)c4cccc(O[C@@H]5OC(C)[C@H](O)[C@H](O)C5O[C@H]5OC(C)[C@H](O)C(C)[C@H]5O)c4c4oc(=O)c1c2c34. The van der Waals surface area contributed by atoms with Crippen molar-refractivity contribution in [3.8, 4) is 11.5 Å². The van der Waals surface area contributed by atoms with Crippen LogP contribution in [-0.2, 0) is 14.2 Å². The highest BCUT2D eigenvalue weighted by Gasteiger charge is 2.49. The van der Waals surface area contributed by atoms with Crippen molar-refractivity contribution in [3.63, 3.8) is 0 Å². The van der Waals surface area contributed by atoms with Gasteiger partial charge in [-0.05, 0) is 31.5 Å². The van der Waals surface area contributed by atoms with Crippen LogP contribution in [0.25, 0.3) is 49.6 Å². The first-order chi connectivity index (χ1) is 21.9. The van der Waals surface area contributed by atoms with Crippen molar-refractivity contribution in [1.82, 2.24) is 0 Å². The predicted molar refractivity (Wildman–Crippen MR) is 164 cm³/mol. The molecular weight excluding hydrogens is 604 g/mol. The average Bonchev–Trinajstić information content (AvgIpc) is 3.03. The van der Waals surface area contributed by atoms with Crippen molar-refractivity contribution in [2.45, 2.75) is 76.1 Å². The van der Waals surface area contributed by atoms with Crippen LogP contribution in [0.3, 0.4) is 0 Å². The second kappa shape index (κ2) is 11.0. The van der Waals surface area contributed by atoms with Gasteiger partial charge < -0.3 is 53.3 Å². The summed E-state index contributed by atoms with van der Waals surface area (Å²) in [4.78, 5) is 26.6. The molecule has 0 bridgehead atoms. The van der Waals surface area contributed by atoms with E-state index in [4.69, 9.17) is 27.8 Å². The van der Waals surface area contributed by atoms with Gasteiger partial charge in [-0.2, -0.15) is 0 Å². The van der Waals surface area contributed by atoms with E-state index in [0.717, 1.165) is 0 Å². The van der Waals surface area contributed by atoms with Crippen LogP contribution in [0.4, 0.5) is 0 Å². The maximum atomic E-state index is 13.5. The topological polar surface area (TPSA) is 198 Å². The summed E-state index contributed by atoms with van der Waals surface area (Å²) >= 11 is 0. The molecule has 2 saturated heterocycles. The maximum Gasteiger partial charge on any atom is 0.348 e. The fourth-order valence-corrected chi connectivity index (χ4v) is 6.59. The summed E-state index contributed by atoms with van der Waals surface area (Å²) in [7, 11) is 0. The Morgan fingerprint density at radius 2 is 1.46 bits per heavy atom. The molecule has 5 N–H and O–H groups in total. The third kappa shape index (κ3) is 4.42. The number of phenolic OH excluding ortho intramolecular Hbond substituents is 1. The lowest BCUT2D eigenvalue weighted by Crippen LogP contribution is -2.62. The number of benzene rings is 3. The third-order valence-electron chi connectivity index (χ3n) is 9.20. The molecule has 7 rings (SSSR count). The van der Waals surface area contributed by atoms with Crippen molar-refractivity contribution in [1.29, 1.82) is 0 Å². The molecule has 13 heteroatoms. The lowest BCUT2D eigenvalue weighted by Gasteiger charge is -2.45. The van der Waals surface area contributed by atoms with Gasteiger partial charge in [0.1, 0.15) is 40.8 Å². The van der Waals surface area contributed by atoms with Gasteiger partial charge in [-0.1, -0.05) is 37.8 Å². The molecule has 4 unspecified atom stereocenters. The van der Waals surface area contributed by atoms with Gasteiger partial charge in [0.05, 0.1) is 29.1 Å². The number of fused-ring (bicyclic) bond motifs is 2. The number of aromatic hydroxyl groups is 1. The second-order valence-electron chi connectivity index (χ2n) is 12.0. The minimum atomic E-state index is -1.57. The average molecular weight is 637 g/mol. The molecule has 0 aliphatic carbocycles. The Morgan fingerprint density at radius 3 is 2.20 bits per heavy atom. The molecular formula is C33H32O13. The van der Waals surface area contributed by atoms with Crippen LogP contribution in [0.15, 0.2) is 55.3 Å². The maximum absolute atomic E-state index is 13.5. The Morgan fingerprint density at radius 1 is 0.761 bits per heavy atom. The van der Waals surface area contributed by atoms with E-state index in [1.165, 1.54) is 37.3 Å². The summed E-state index contributed by atoms with van der Waals surface area (Å²) < 4.78 is 35.3. The van der Waals surface area contributed by atoms with Crippen LogP contribution < -0.4 is 16.0 Å². The van der Waals surface area contributed by atoms with Gasteiger partial charge in [-0.15, -0.1) is 0 Å². The normalized spacial score (nSPS) is 32.1. The van der Waals surface area contributed by atoms with Crippen LogP contribution in [0, 0.1) is 5.92 Å². The van der Waals surface area contributed by atoms with Crippen molar-refractivity contribution < 1.29 is 53.3 Å². The van der Waals surface area contributed by atoms with Crippen molar-refractivity contribution in [2.75, 3.05) is 0 Å². The zero-order chi connectivity index (χ0) is 32.8. The Balaban J connectivity index is 1.40. The minimum Gasteiger partial charge on any atom is -0.506 e. The van der Waals surface area contributed by atoms with E-state index < -0.39 is 78.2 Å². The lowest BCUT2D eigenvalue weighted by molar-refractivity contribution is -0.346. The number of aliphatic hydroxyl groups excluding tert-OH is 4. The van der Waals surface area contributed by atoms with E-state index in [2.05, 4.69) is 6.58 Å². The Bertz CT molecular complexity index is 2100. The van der Waals surface area contributed by atoms with E-state index in [-0.39, 0.29) is 49.2 Å². The first kappa shape index (κ1) is 30.6. The Labute approximate surface area is 259 Å². The number of hydrogen-bond acceptors (Lipinski definition) is 13. The molecule has 0 amide bonds. The molecule has 5 aromatic rings. The molecule has 46 heavy (non-hydrogen) atoms. The summed E-state index contributed by atoms with van der Waals surface area (Å²) in [5.41, 5.74) is -1.13. The third-order valence-corrected chi connectivity index (χ3v) is 9.20.